The maximum atomic E-state index is 6.60. The van der Waals surface area contributed by atoms with Crippen molar-refractivity contribution in [2.24, 2.45) is 0 Å². The van der Waals surface area contributed by atoms with E-state index >= 15 is 0 Å². The van der Waals surface area contributed by atoms with Gasteiger partial charge in [-0.15, -0.1) is 11.4 Å². The molecule has 0 aromatic rings. The molecule has 3 aliphatic rings. The maximum absolute atomic E-state index is 6.60. The zero-order chi connectivity index (χ0) is 14.5. The van der Waals surface area contributed by atoms with Crippen molar-refractivity contribution in [2.45, 2.75) is 113 Å². The van der Waals surface area contributed by atoms with Gasteiger partial charge in [-0.3, -0.25) is 0 Å². The maximum Gasteiger partial charge on any atom is 0.0127 e. The van der Waals surface area contributed by atoms with Gasteiger partial charge in [0.15, 0.2) is 0 Å². The minimum Gasteiger partial charge on any atom is -0.120 e. The third kappa shape index (κ3) is 4.30. The van der Waals surface area contributed by atoms with Crippen LogP contribution in [0.2, 0.25) is 0 Å². The van der Waals surface area contributed by atoms with E-state index in [-0.39, 0.29) is 0 Å². The quantitative estimate of drug-likeness (QED) is 0.498. The van der Waals surface area contributed by atoms with Gasteiger partial charge in [-0.1, -0.05) is 69.6 Å². The van der Waals surface area contributed by atoms with Gasteiger partial charge in [-0.2, -0.15) is 0 Å². The Balaban J connectivity index is 1.73. The molecule has 0 heterocycles. The Labute approximate surface area is 141 Å². The smallest absolute Gasteiger partial charge is 0.0127 e. The average molecular weight is 345 g/mol. The van der Waals surface area contributed by atoms with Crippen LogP contribution in [0.1, 0.15) is 96.3 Å². The van der Waals surface area contributed by atoms with Crippen LogP contribution in [-0.4, -0.2) is 16.6 Å². The Bertz CT molecular complexity index is 328. The third-order valence-corrected chi connectivity index (χ3v) is 16.4. The van der Waals surface area contributed by atoms with E-state index in [1.54, 1.807) is 0 Å². The van der Waals surface area contributed by atoms with Crippen LogP contribution in [0.15, 0.2) is 0 Å². The van der Waals surface area contributed by atoms with Crippen molar-refractivity contribution >= 4 is 28.4 Å². The van der Waals surface area contributed by atoms with Crippen LogP contribution in [0.4, 0.5) is 0 Å². The molecule has 21 heavy (non-hydrogen) atoms. The highest BCUT2D eigenvalue weighted by molar-refractivity contribution is 8.71. The summed E-state index contributed by atoms with van der Waals surface area (Å²) in [5.41, 5.74) is 1.91. The third-order valence-electron chi connectivity index (χ3n) is 6.03. The molecule has 0 atom stereocenters. The van der Waals surface area contributed by atoms with E-state index in [4.69, 9.17) is 11.8 Å². The summed E-state index contributed by atoms with van der Waals surface area (Å²) in [6.45, 7) is 0. The lowest BCUT2D eigenvalue weighted by atomic mass is 10.00. The summed E-state index contributed by atoms with van der Waals surface area (Å²) in [7, 11) is 0. The molecule has 0 aliphatic heterocycles. The highest BCUT2D eigenvalue weighted by Gasteiger charge is 2.39. The molecule has 0 saturated heterocycles. The van der Waals surface area contributed by atoms with Crippen LogP contribution in [0.25, 0.3) is 0 Å². The Hall–Kier alpha value is 1.00. The molecular weight excluding hydrogens is 311 g/mol. The lowest BCUT2D eigenvalue weighted by Crippen LogP contribution is -2.23. The molecule has 0 unspecified atom stereocenters. The molecule has 3 rings (SSSR count). The number of hydrogen-bond donors (Lipinski definition) is 0. The van der Waals surface area contributed by atoms with Crippen LogP contribution < -0.4 is 0 Å². The zero-order valence-corrected chi connectivity index (χ0v) is 16.1. The van der Waals surface area contributed by atoms with E-state index in [0.717, 1.165) is 16.6 Å². The second kappa shape index (κ2) is 8.20. The predicted octanol–water partition coefficient (Wildman–Crippen LogP) is 7.11. The first-order chi connectivity index (χ1) is 10.3. The number of rotatable bonds is 4. The molecule has 0 amide bonds. The SMILES string of the molecule is S=P(SC1CCCCC1)(C1CCCCC1)C1CCCCC1. The predicted molar refractivity (Wildman–Crippen MR) is 102 cm³/mol. The molecule has 0 radical (unpaired) electrons. The molecule has 122 valence electrons. The van der Waals surface area contributed by atoms with Crippen molar-refractivity contribution in [3.63, 3.8) is 0 Å². The highest BCUT2D eigenvalue weighted by Crippen LogP contribution is 2.73. The first-order valence-electron chi connectivity index (χ1n) is 9.57. The van der Waals surface area contributed by atoms with E-state index in [1.165, 1.54) is 96.3 Å². The van der Waals surface area contributed by atoms with Gasteiger partial charge in [-0.25, -0.2) is 0 Å². The van der Waals surface area contributed by atoms with Gasteiger partial charge in [0.25, 0.3) is 0 Å². The lowest BCUT2D eigenvalue weighted by molar-refractivity contribution is 0.487. The summed E-state index contributed by atoms with van der Waals surface area (Å²) in [6, 6.07) is 0. The van der Waals surface area contributed by atoms with Gasteiger partial charge >= 0.3 is 0 Å². The largest absolute Gasteiger partial charge is 0.120 e. The molecule has 0 N–H and O–H groups in total. The van der Waals surface area contributed by atoms with Crippen LogP contribution in [-0.2, 0) is 11.8 Å². The van der Waals surface area contributed by atoms with Gasteiger partial charge in [0, 0.05) is 10.5 Å². The van der Waals surface area contributed by atoms with Crippen LogP contribution in [0.5, 0.6) is 0 Å². The lowest BCUT2D eigenvalue weighted by Gasteiger charge is -2.43. The molecule has 0 nitrogen and oxygen atoms in total. The van der Waals surface area contributed by atoms with Crippen molar-refractivity contribution in [3.8, 4) is 0 Å². The highest BCUT2D eigenvalue weighted by atomic mass is 32.9. The average Bonchev–Trinajstić information content (AvgIpc) is 2.57. The van der Waals surface area contributed by atoms with Crippen molar-refractivity contribution in [2.75, 3.05) is 0 Å². The van der Waals surface area contributed by atoms with Crippen molar-refractivity contribution in [3.05, 3.63) is 0 Å². The van der Waals surface area contributed by atoms with E-state index in [0.29, 0.717) is 0 Å². The first-order valence-corrected chi connectivity index (χ1v) is 14.0. The van der Waals surface area contributed by atoms with Gasteiger partial charge in [0.05, 0.1) is 0 Å². The summed E-state index contributed by atoms with van der Waals surface area (Å²) in [5, 5.41) is -0.250. The van der Waals surface area contributed by atoms with Crippen LogP contribution in [0.3, 0.4) is 0 Å². The summed E-state index contributed by atoms with van der Waals surface area (Å²) in [6.07, 6.45) is 22.1. The first kappa shape index (κ1) is 16.8. The molecule has 3 saturated carbocycles. The summed E-state index contributed by atoms with van der Waals surface area (Å²) in [5.74, 6) is 0. The minimum atomic E-state index is -1.19. The molecular formula is C18H33PS2. The molecule has 3 fully saturated rings. The Kier molecular flexibility index (Phi) is 6.58. The molecule has 3 aliphatic carbocycles. The molecule has 0 bridgehead atoms. The fraction of sp³-hybridized carbons (Fsp3) is 1.00. The second-order valence-corrected chi connectivity index (χ2v) is 16.2. The summed E-state index contributed by atoms with van der Waals surface area (Å²) < 4.78 is 0. The molecule has 0 spiro atoms. The van der Waals surface area contributed by atoms with E-state index in [9.17, 15) is 0 Å². The summed E-state index contributed by atoms with van der Waals surface area (Å²) >= 11 is 9.00. The topological polar surface area (TPSA) is 0 Å². The fourth-order valence-corrected chi connectivity index (χ4v) is 15.6. The van der Waals surface area contributed by atoms with E-state index < -0.39 is 5.24 Å². The monoisotopic (exact) mass is 344 g/mol. The standard InChI is InChI=1S/C18H33PS2/c20-19(16-10-4-1-5-11-16,17-12-6-2-7-13-17)21-18-14-8-3-9-15-18/h16-18H,1-15H2. The Morgan fingerprint density at radius 2 is 0.952 bits per heavy atom. The number of hydrogen-bond acceptors (Lipinski definition) is 2. The van der Waals surface area contributed by atoms with Crippen LogP contribution >= 0.6 is 16.6 Å². The normalized spacial score (nSPS) is 27.8. The van der Waals surface area contributed by atoms with Gasteiger partial charge < -0.3 is 0 Å². The van der Waals surface area contributed by atoms with Gasteiger partial charge in [-0.05, 0) is 49.8 Å². The minimum absolute atomic E-state index is 0.938. The molecule has 3 heteroatoms. The van der Waals surface area contributed by atoms with Crippen molar-refractivity contribution in [1.82, 2.24) is 0 Å². The molecule has 0 aromatic heterocycles. The van der Waals surface area contributed by atoms with Crippen molar-refractivity contribution < 1.29 is 0 Å². The second-order valence-electron chi connectivity index (χ2n) is 7.59. The zero-order valence-electron chi connectivity index (χ0n) is 13.6. The fourth-order valence-electron chi connectivity index (χ4n) is 4.76. The van der Waals surface area contributed by atoms with E-state index in [2.05, 4.69) is 11.4 Å². The van der Waals surface area contributed by atoms with Gasteiger partial charge in [0.2, 0.25) is 0 Å². The molecule has 0 aromatic carbocycles. The van der Waals surface area contributed by atoms with Crippen molar-refractivity contribution in [1.29, 1.82) is 0 Å². The van der Waals surface area contributed by atoms with E-state index in [1.807, 2.05) is 0 Å². The van der Waals surface area contributed by atoms with Crippen LogP contribution in [0, 0.1) is 0 Å². The van der Waals surface area contributed by atoms with Gasteiger partial charge in [0.1, 0.15) is 0 Å². The Morgan fingerprint density at radius 3 is 1.38 bits per heavy atom. The Morgan fingerprint density at radius 1 is 0.571 bits per heavy atom. The summed E-state index contributed by atoms with van der Waals surface area (Å²) in [4.78, 5) is 0.